The normalized spacial score (nSPS) is 28.5. The molecule has 3 saturated heterocycles. The molecule has 3 rings (SSSR count). The molecule has 1 N–H and O–H groups in total. The van der Waals surface area contributed by atoms with Gasteiger partial charge in [-0.15, -0.1) is 0 Å². The number of rotatable bonds is 5. The van der Waals surface area contributed by atoms with Crippen LogP contribution in [-0.4, -0.2) is 66.8 Å². The summed E-state index contributed by atoms with van der Waals surface area (Å²) >= 11 is 0. The lowest BCUT2D eigenvalue weighted by Gasteiger charge is -2.45. The van der Waals surface area contributed by atoms with Gasteiger partial charge in [0.25, 0.3) is 0 Å². The van der Waals surface area contributed by atoms with Crippen molar-refractivity contribution in [2.75, 3.05) is 39.3 Å². The highest BCUT2D eigenvalue weighted by atomic mass is 16.6. The SMILES string of the molecule is CCN(CCNC1CN2CCC1CC2)C(=O)OC(C)(C)C. The third kappa shape index (κ3) is 4.85. The lowest BCUT2D eigenvalue weighted by Crippen LogP contribution is -2.57. The highest BCUT2D eigenvalue weighted by Crippen LogP contribution is 2.27. The van der Waals surface area contributed by atoms with Crippen LogP contribution in [0.15, 0.2) is 0 Å². The predicted molar refractivity (Wildman–Crippen MR) is 84.4 cm³/mol. The fourth-order valence-corrected chi connectivity index (χ4v) is 3.29. The molecule has 3 fully saturated rings. The first-order valence-electron chi connectivity index (χ1n) is 8.32. The molecule has 0 aromatic heterocycles. The third-order valence-corrected chi connectivity index (χ3v) is 4.48. The Morgan fingerprint density at radius 1 is 1.33 bits per heavy atom. The number of nitrogens with one attached hydrogen (secondary N) is 1. The standard InChI is InChI=1S/C16H31N3O2/c1-5-19(15(20)21-16(2,3)4)11-8-17-14-12-18-9-6-13(14)7-10-18/h13-14,17H,5-12H2,1-4H3. The Kier molecular flexibility index (Phi) is 5.49. The highest BCUT2D eigenvalue weighted by Gasteiger charge is 2.33. The van der Waals surface area contributed by atoms with Crippen LogP contribution in [0.5, 0.6) is 0 Å². The molecule has 0 radical (unpaired) electrons. The molecule has 0 aromatic rings. The molecule has 1 unspecified atom stereocenters. The number of fused-ring (bicyclic) bond motifs is 3. The van der Waals surface area contributed by atoms with Crippen LogP contribution < -0.4 is 5.32 Å². The summed E-state index contributed by atoms with van der Waals surface area (Å²) in [5.74, 6) is 0.826. The van der Waals surface area contributed by atoms with E-state index in [1.54, 1.807) is 4.90 Å². The van der Waals surface area contributed by atoms with Crippen molar-refractivity contribution >= 4 is 6.09 Å². The summed E-state index contributed by atoms with van der Waals surface area (Å²) in [4.78, 5) is 16.4. The van der Waals surface area contributed by atoms with E-state index >= 15 is 0 Å². The van der Waals surface area contributed by atoms with Crippen molar-refractivity contribution in [1.82, 2.24) is 15.1 Å². The van der Waals surface area contributed by atoms with E-state index in [1.165, 1.54) is 32.5 Å². The maximum Gasteiger partial charge on any atom is 0.410 e. The van der Waals surface area contributed by atoms with Gasteiger partial charge in [-0.2, -0.15) is 0 Å². The number of piperidine rings is 3. The summed E-state index contributed by atoms with van der Waals surface area (Å²) in [5.41, 5.74) is -0.423. The van der Waals surface area contributed by atoms with Crippen molar-refractivity contribution < 1.29 is 9.53 Å². The van der Waals surface area contributed by atoms with Gasteiger partial charge in [-0.3, -0.25) is 0 Å². The van der Waals surface area contributed by atoms with Crippen LogP contribution in [-0.2, 0) is 4.74 Å². The minimum atomic E-state index is -0.423. The largest absolute Gasteiger partial charge is 0.444 e. The Morgan fingerprint density at radius 2 is 2.00 bits per heavy atom. The lowest BCUT2D eigenvalue weighted by molar-refractivity contribution is 0.0250. The topological polar surface area (TPSA) is 44.8 Å². The maximum atomic E-state index is 12.1. The van der Waals surface area contributed by atoms with E-state index in [0.717, 1.165) is 12.5 Å². The molecule has 122 valence electrons. The smallest absolute Gasteiger partial charge is 0.410 e. The first-order chi connectivity index (χ1) is 9.89. The number of ether oxygens (including phenoxy) is 1. The number of hydrogen-bond donors (Lipinski definition) is 1. The van der Waals surface area contributed by atoms with Crippen LogP contribution in [0.1, 0.15) is 40.5 Å². The van der Waals surface area contributed by atoms with Gasteiger partial charge in [0, 0.05) is 32.2 Å². The van der Waals surface area contributed by atoms with E-state index < -0.39 is 5.60 Å². The molecule has 0 saturated carbocycles. The number of carbonyl (C=O) groups is 1. The van der Waals surface area contributed by atoms with Crippen LogP contribution in [0.4, 0.5) is 4.79 Å². The quantitative estimate of drug-likeness (QED) is 0.842. The summed E-state index contributed by atoms with van der Waals surface area (Å²) in [7, 11) is 0. The highest BCUT2D eigenvalue weighted by molar-refractivity contribution is 5.68. The van der Waals surface area contributed by atoms with E-state index in [9.17, 15) is 4.79 Å². The fourth-order valence-electron chi connectivity index (χ4n) is 3.29. The molecule has 3 aliphatic rings. The molecule has 3 aliphatic heterocycles. The molecule has 5 heteroatoms. The Balaban J connectivity index is 1.72. The van der Waals surface area contributed by atoms with Gasteiger partial charge in [-0.25, -0.2) is 4.79 Å². The average molecular weight is 297 g/mol. The molecular formula is C16H31N3O2. The molecule has 2 bridgehead atoms. The summed E-state index contributed by atoms with van der Waals surface area (Å²) in [6, 6.07) is 0.602. The van der Waals surface area contributed by atoms with Gasteiger partial charge in [-0.1, -0.05) is 0 Å². The van der Waals surface area contributed by atoms with Gasteiger partial charge in [0.1, 0.15) is 5.60 Å². The Hall–Kier alpha value is -0.810. The number of nitrogens with zero attached hydrogens (tertiary/aromatic N) is 2. The van der Waals surface area contributed by atoms with Crippen molar-refractivity contribution in [1.29, 1.82) is 0 Å². The van der Waals surface area contributed by atoms with Gasteiger partial charge in [0.05, 0.1) is 0 Å². The zero-order valence-corrected chi connectivity index (χ0v) is 14.0. The molecule has 0 aliphatic carbocycles. The van der Waals surface area contributed by atoms with Crippen LogP contribution >= 0.6 is 0 Å². The van der Waals surface area contributed by atoms with Crippen LogP contribution in [0, 0.1) is 5.92 Å². The van der Waals surface area contributed by atoms with Gasteiger partial charge in [0.2, 0.25) is 0 Å². The second kappa shape index (κ2) is 6.97. The molecule has 21 heavy (non-hydrogen) atoms. The summed E-state index contributed by atoms with van der Waals surface area (Å²) in [6.07, 6.45) is 2.43. The first-order valence-corrected chi connectivity index (χ1v) is 8.32. The zero-order chi connectivity index (χ0) is 15.5. The number of carbonyl (C=O) groups excluding carboxylic acids is 1. The molecular weight excluding hydrogens is 266 g/mol. The van der Waals surface area contributed by atoms with Gasteiger partial charge in [0.15, 0.2) is 0 Å². The van der Waals surface area contributed by atoms with Crippen molar-refractivity contribution in [3.8, 4) is 0 Å². The average Bonchev–Trinajstić information content (AvgIpc) is 2.43. The molecule has 3 heterocycles. The van der Waals surface area contributed by atoms with E-state index in [1.807, 2.05) is 27.7 Å². The van der Waals surface area contributed by atoms with Crippen molar-refractivity contribution in [3.63, 3.8) is 0 Å². The van der Waals surface area contributed by atoms with Crippen molar-refractivity contribution in [2.24, 2.45) is 5.92 Å². The van der Waals surface area contributed by atoms with E-state index in [0.29, 0.717) is 19.1 Å². The monoisotopic (exact) mass is 297 g/mol. The van der Waals surface area contributed by atoms with E-state index in [2.05, 4.69) is 10.2 Å². The minimum Gasteiger partial charge on any atom is -0.444 e. The van der Waals surface area contributed by atoms with Crippen molar-refractivity contribution in [2.45, 2.75) is 52.2 Å². The second-order valence-electron chi connectivity index (χ2n) is 7.26. The molecule has 5 nitrogen and oxygen atoms in total. The first kappa shape index (κ1) is 16.6. The van der Waals surface area contributed by atoms with Gasteiger partial charge in [-0.05, 0) is 59.5 Å². The number of likely N-dealkylation sites (N-methyl/N-ethyl adjacent to an activating group) is 1. The molecule has 0 spiro atoms. The van der Waals surface area contributed by atoms with E-state index in [4.69, 9.17) is 4.74 Å². The summed E-state index contributed by atoms with van der Waals surface area (Å²) in [6.45, 7) is 13.7. The third-order valence-electron chi connectivity index (χ3n) is 4.48. The Labute approximate surface area is 129 Å². The lowest BCUT2D eigenvalue weighted by atomic mass is 9.84. The van der Waals surface area contributed by atoms with E-state index in [-0.39, 0.29) is 6.09 Å². The van der Waals surface area contributed by atoms with Gasteiger partial charge >= 0.3 is 6.09 Å². The van der Waals surface area contributed by atoms with Crippen molar-refractivity contribution in [3.05, 3.63) is 0 Å². The summed E-state index contributed by atoms with van der Waals surface area (Å²) < 4.78 is 5.43. The van der Waals surface area contributed by atoms with Gasteiger partial charge < -0.3 is 19.9 Å². The molecule has 1 atom stereocenters. The number of hydrogen-bond acceptors (Lipinski definition) is 4. The van der Waals surface area contributed by atoms with Crippen LogP contribution in [0.2, 0.25) is 0 Å². The summed E-state index contributed by atoms with van der Waals surface area (Å²) in [5, 5.41) is 3.64. The van der Waals surface area contributed by atoms with Crippen LogP contribution in [0.25, 0.3) is 0 Å². The Bertz CT molecular complexity index is 346. The maximum absolute atomic E-state index is 12.1. The molecule has 1 amide bonds. The second-order valence-corrected chi connectivity index (χ2v) is 7.26. The molecule has 0 aromatic carbocycles. The number of amides is 1. The zero-order valence-electron chi connectivity index (χ0n) is 14.0. The predicted octanol–water partition coefficient (Wildman–Crippen LogP) is 1.93. The van der Waals surface area contributed by atoms with Crippen LogP contribution in [0.3, 0.4) is 0 Å². The fraction of sp³-hybridized carbons (Fsp3) is 0.938. The minimum absolute atomic E-state index is 0.208. The Morgan fingerprint density at radius 3 is 2.48 bits per heavy atom.